The maximum Gasteiger partial charge on any atom is 0.416 e. The van der Waals surface area contributed by atoms with Crippen LogP contribution in [-0.4, -0.2) is 15.7 Å². The van der Waals surface area contributed by atoms with Gasteiger partial charge in [0.05, 0.1) is 16.9 Å². The summed E-state index contributed by atoms with van der Waals surface area (Å²) in [6, 6.07) is 21.4. The highest BCUT2D eigenvalue weighted by Crippen LogP contribution is 2.30. The van der Waals surface area contributed by atoms with Crippen LogP contribution in [0.25, 0.3) is 16.9 Å². The van der Waals surface area contributed by atoms with Crippen LogP contribution in [0.4, 0.5) is 19.0 Å². The molecule has 0 fully saturated rings. The number of hydrogen-bond donors (Lipinski definition) is 1. The largest absolute Gasteiger partial charge is 0.416 e. The summed E-state index contributed by atoms with van der Waals surface area (Å²) < 4.78 is 40.8. The molecule has 7 heteroatoms. The number of rotatable bonds is 4. The summed E-state index contributed by atoms with van der Waals surface area (Å²) in [6.07, 6.45) is -4.53. The molecular weight excluding hydrogens is 415 g/mol. The second kappa shape index (κ2) is 8.34. The summed E-state index contributed by atoms with van der Waals surface area (Å²) in [5.41, 5.74) is 3.31. The van der Waals surface area contributed by atoms with Gasteiger partial charge in [0.2, 0.25) is 0 Å². The van der Waals surface area contributed by atoms with Crippen LogP contribution in [-0.2, 0) is 6.18 Å². The third kappa shape index (κ3) is 4.42. The van der Waals surface area contributed by atoms with Crippen LogP contribution < -0.4 is 5.32 Å². The first-order chi connectivity index (χ1) is 15.2. The number of nitrogens with one attached hydrogen (secondary N) is 1. The van der Waals surface area contributed by atoms with Gasteiger partial charge in [-0.2, -0.15) is 18.3 Å². The van der Waals surface area contributed by atoms with E-state index in [2.05, 4.69) is 10.4 Å². The van der Waals surface area contributed by atoms with Crippen molar-refractivity contribution >= 4 is 11.7 Å². The molecule has 1 N–H and O–H groups in total. The van der Waals surface area contributed by atoms with Gasteiger partial charge in [-0.15, -0.1) is 0 Å². The fourth-order valence-corrected chi connectivity index (χ4v) is 3.35. The summed E-state index contributed by atoms with van der Waals surface area (Å²) in [4.78, 5) is 12.8. The topological polar surface area (TPSA) is 46.9 Å². The fourth-order valence-electron chi connectivity index (χ4n) is 3.35. The summed E-state index contributed by atoms with van der Waals surface area (Å²) in [5, 5.41) is 7.39. The number of para-hydroxylation sites is 1. The number of carbonyl (C=O) groups excluding carboxylic acids is 1. The molecule has 1 aromatic heterocycles. The standard InChI is InChI=1S/C25H20F3N3O/c1-16-10-12-18(13-11-16)21-15-23(31(30-21)22-9-4-3-6-17(22)2)29-24(32)19-7-5-8-20(14-19)25(26,27)28/h3-15H,1-2H3,(H,29,32). The Balaban J connectivity index is 1.75. The number of anilines is 1. The summed E-state index contributed by atoms with van der Waals surface area (Å²) in [5.74, 6) is -0.293. The van der Waals surface area contributed by atoms with Crippen molar-refractivity contribution in [1.82, 2.24) is 9.78 Å². The van der Waals surface area contributed by atoms with E-state index in [1.54, 1.807) is 10.7 Å². The average Bonchev–Trinajstić information content (AvgIpc) is 3.17. The summed E-state index contributed by atoms with van der Waals surface area (Å²) >= 11 is 0. The highest BCUT2D eigenvalue weighted by atomic mass is 19.4. The molecule has 3 aromatic carbocycles. The monoisotopic (exact) mass is 435 g/mol. The maximum absolute atomic E-state index is 13.1. The van der Waals surface area contributed by atoms with Crippen molar-refractivity contribution in [1.29, 1.82) is 0 Å². The van der Waals surface area contributed by atoms with Gasteiger partial charge in [-0.3, -0.25) is 4.79 Å². The molecule has 4 nitrogen and oxygen atoms in total. The predicted octanol–water partition coefficient (Wildman–Crippen LogP) is 6.43. The van der Waals surface area contributed by atoms with Gasteiger partial charge >= 0.3 is 6.18 Å². The summed E-state index contributed by atoms with van der Waals surface area (Å²) in [6.45, 7) is 3.90. The van der Waals surface area contributed by atoms with Gasteiger partial charge in [0.1, 0.15) is 5.82 Å². The quantitative estimate of drug-likeness (QED) is 0.402. The normalized spacial score (nSPS) is 11.4. The first-order valence-electron chi connectivity index (χ1n) is 9.94. The first kappa shape index (κ1) is 21.4. The van der Waals surface area contributed by atoms with Gasteiger partial charge in [-0.05, 0) is 43.7 Å². The van der Waals surface area contributed by atoms with E-state index in [4.69, 9.17) is 0 Å². The van der Waals surface area contributed by atoms with E-state index in [1.807, 2.05) is 62.4 Å². The lowest BCUT2D eigenvalue weighted by atomic mass is 10.1. The molecule has 0 aliphatic heterocycles. The molecule has 4 rings (SSSR count). The molecule has 0 radical (unpaired) electrons. The van der Waals surface area contributed by atoms with Crippen molar-refractivity contribution < 1.29 is 18.0 Å². The molecule has 1 amide bonds. The van der Waals surface area contributed by atoms with E-state index in [0.717, 1.165) is 34.5 Å². The molecular formula is C25H20F3N3O. The SMILES string of the molecule is Cc1ccc(-c2cc(NC(=O)c3cccc(C(F)(F)F)c3)n(-c3ccccc3C)n2)cc1. The lowest BCUT2D eigenvalue weighted by molar-refractivity contribution is -0.137. The number of aromatic nitrogens is 2. The number of hydrogen-bond acceptors (Lipinski definition) is 2. The minimum absolute atomic E-state index is 0.0887. The molecule has 4 aromatic rings. The molecule has 0 saturated heterocycles. The third-order valence-corrected chi connectivity index (χ3v) is 5.09. The van der Waals surface area contributed by atoms with Crippen LogP contribution in [0.2, 0.25) is 0 Å². The van der Waals surface area contributed by atoms with Crippen molar-refractivity contribution in [3.63, 3.8) is 0 Å². The molecule has 32 heavy (non-hydrogen) atoms. The van der Waals surface area contributed by atoms with Gasteiger partial charge in [0.25, 0.3) is 5.91 Å². The fraction of sp³-hybridized carbons (Fsp3) is 0.120. The van der Waals surface area contributed by atoms with Crippen molar-refractivity contribution in [3.05, 3.63) is 101 Å². The second-order valence-corrected chi connectivity index (χ2v) is 7.51. The molecule has 0 aliphatic rings. The molecule has 0 saturated carbocycles. The Morgan fingerprint density at radius 3 is 2.31 bits per heavy atom. The Morgan fingerprint density at radius 2 is 1.62 bits per heavy atom. The molecule has 0 atom stereocenters. The minimum atomic E-state index is -4.53. The Labute approximate surface area is 183 Å². The van der Waals surface area contributed by atoms with Crippen LogP contribution in [0.5, 0.6) is 0 Å². The zero-order chi connectivity index (χ0) is 22.9. The zero-order valence-corrected chi connectivity index (χ0v) is 17.4. The van der Waals surface area contributed by atoms with Crippen LogP contribution in [0.15, 0.2) is 78.9 Å². The highest BCUT2D eigenvalue weighted by Gasteiger charge is 2.31. The number of carbonyl (C=O) groups is 1. The number of halogens is 3. The lowest BCUT2D eigenvalue weighted by Crippen LogP contribution is -2.16. The zero-order valence-electron chi connectivity index (χ0n) is 17.4. The van der Waals surface area contributed by atoms with E-state index in [-0.39, 0.29) is 5.56 Å². The van der Waals surface area contributed by atoms with Gasteiger partial charge < -0.3 is 5.32 Å². The molecule has 162 valence electrons. The molecule has 1 heterocycles. The van der Waals surface area contributed by atoms with E-state index < -0.39 is 17.6 Å². The number of amides is 1. The Morgan fingerprint density at radius 1 is 0.906 bits per heavy atom. The Hall–Kier alpha value is -3.87. The number of benzene rings is 3. The minimum Gasteiger partial charge on any atom is -0.306 e. The maximum atomic E-state index is 13.1. The van der Waals surface area contributed by atoms with Gasteiger partial charge in [-0.25, -0.2) is 4.68 Å². The van der Waals surface area contributed by atoms with E-state index in [0.29, 0.717) is 11.5 Å². The van der Waals surface area contributed by atoms with E-state index in [1.165, 1.54) is 12.1 Å². The van der Waals surface area contributed by atoms with Crippen LogP contribution >= 0.6 is 0 Å². The highest BCUT2D eigenvalue weighted by molar-refractivity contribution is 6.04. The van der Waals surface area contributed by atoms with Crippen LogP contribution in [0, 0.1) is 13.8 Å². The molecule has 0 spiro atoms. The second-order valence-electron chi connectivity index (χ2n) is 7.51. The predicted molar refractivity (Wildman–Crippen MR) is 118 cm³/mol. The molecule has 0 aliphatic carbocycles. The summed E-state index contributed by atoms with van der Waals surface area (Å²) in [7, 11) is 0. The smallest absolute Gasteiger partial charge is 0.306 e. The van der Waals surface area contributed by atoms with Gasteiger partial charge in [0, 0.05) is 17.2 Å². The van der Waals surface area contributed by atoms with Gasteiger partial charge in [-0.1, -0.05) is 54.1 Å². The first-order valence-corrected chi connectivity index (χ1v) is 9.94. The van der Waals surface area contributed by atoms with Crippen molar-refractivity contribution in [2.24, 2.45) is 0 Å². The van der Waals surface area contributed by atoms with Crippen molar-refractivity contribution in [2.45, 2.75) is 20.0 Å². The number of alkyl halides is 3. The number of aryl methyl sites for hydroxylation is 2. The van der Waals surface area contributed by atoms with Crippen molar-refractivity contribution in [3.8, 4) is 16.9 Å². The lowest BCUT2D eigenvalue weighted by Gasteiger charge is -2.12. The Bertz CT molecular complexity index is 1270. The van der Waals surface area contributed by atoms with E-state index in [9.17, 15) is 18.0 Å². The van der Waals surface area contributed by atoms with Crippen LogP contribution in [0.3, 0.4) is 0 Å². The van der Waals surface area contributed by atoms with E-state index >= 15 is 0 Å². The van der Waals surface area contributed by atoms with Gasteiger partial charge in [0.15, 0.2) is 0 Å². The average molecular weight is 435 g/mol. The molecule has 0 bridgehead atoms. The van der Waals surface area contributed by atoms with Crippen LogP contribution in [0.1, 0.15) is 27.0 Å². The Kier molecular flexibility index (Phi) is 5.57. The third-order valence-electron chi connectivity index (χ3n) is 5.09. The molecule has 0 unspecified atom stereocenters. The number of nitrogens with zero attached hydrogens (tertiary/aromatic N) is 2. The van der Waals surface area contributed by atoms with Crippen molar-refractivity contribution in [2.75, 3.05) is 5.32 Å².